The van der Waals surface area contributed by atoms with Gasteiger partial charge in [-0.3, -0.25) is 13.9 Å². The molecule has 0 saturated heterocycles. The second-order valence-electron chi connectivity index (χ2n) is 2.17. The normalized spacial score (nSPS) is 13.1. The van der Waals surface area contributed by atoms with Gasteiger partial charge in [0.05, 0.1) is 0 Å². The summed E-state index contributed by atoms with van der Waals surface area (Å²) in [7, 11) is -9.28. The van der Waals surface area contributed by atoms with Gasteiger partial charge in [-0.1, -0.05) is 0 Å². The van der Waals surface area contributed by atoms with E-state index in [-0.39, 0.29) is 0 Å². The van der Waals surface area contributed by atoms with E-state index < -0.39 is 26.5 Å². The molecule has 13 heavy (non-hydrogen) atoms. The highest BCUT2D eigenvalue weighted by molar-refractivity contribution is 7.72. The molecule has 0 aromatic heterocycles. The average Bonchev–Trinajstić information content (AvgIpc) is 1.80. The van der Waals surface area contributed by atoms with E-state index in [0.717, 1.165) is 7.05 Å². The Bertz CT molecular complexity index is 266. The molecule has 0 heterocycles. The highest BCUT2D eigenvalue weighted by Crippen LogP contribution is 2.59. The Morgan fingerprint density at radius 1 is 1.15 bits per heavy atom. The Kier molecular flexibility index (Phi) is 3.81. The Labute approximate surface area is 73.3 Å². The maximum Gasteiger partial charge on any atom is 0.350 e. The molecule has 0 fully saturated rings. The number of rotatable bonds is 3. The van der Waals surface area contributed by atoms with Crippen LogP contribution in [0.4, 0.5) is 0 Å². The van der Waals surface area contributed by atoms with E-state index >= 15 is 0 Å². The number of amides is 1. The van der Waals surface area contributed by atoms with E-state index in [4.69, 9.17) is 19.6 Å². The number of hydrogen-bond acceptors (Lipinski definition) is 3. The summed E-state index contributed by atoms with van der Waals surface area (Å²) in [5.41, 5.74) is 0. The molecule has 0 aliphatic rings. The van der Waals surface area contributed by atoms with Crippen LogP contribution in [0.1, 0.15) is 0 Å². The minimum atomic E-state index is -5.15. The van der Waals surface area contributed by atoms with E-state index in [1.165, 1.54) is 0 Å². The van der Waals surface area contributed by atoms with Gasteiger partial charge in [0.2, 0.25) is 11.3 Å². The monoisotopic (exact) mass is 233 g/mol. The average molecular weight is 233 g/mol. The first-order valence-corrected chi connectivity index (χ1v) is 6.29. The van der Waals surface area contributed by atoms with Gasteiger partial charge in [0, 0.05) is 7.05 Å². The van der Waals surface area contributed by atoms with Crippen LogP contribution >= 0.6 is 15.2 Å². The van der Waals surface area contributed by atoms with Crippen molar-refractivity contribution >= 4 is 21.1 Å². The fourth-order valence-corrected chi connectivity index (χ4v) is 3.07. The summed E-state index contributed by atoms with van der Waals surface area (Å²) >= 11 is 0. The molecule has 0 spiro atoms. The lowest BCUT2D eigenvalue weighted by molar-refractivity contribution is -0.119. The third-order valence-corrected chi connectivity index (χ3v) is 4.67. The van der Waals surface area contributed by atoms with Gasteiger partial charge >= 0.3 is 15.2 Å². The van der Waals surface area contributed by atoms with Crippen molar-refractivity contribution in [2.75, 3.05) is 7.05 Å². The number of hydrogen-bond donors (Lipinski definition) is 5. The number of carbonyl (C=O) groups is 1. The smallest absolute Gasteiger partial charge is 0.350 e. The van der Waals surface area contributed by atoms with Crippen molar-refractivity contribution in [2.24, 2.45) is 0 Å². The second kappa shape index (κ2) is 3.88. The molecule has 10 heteroatoms. The molecule has 8 nitrogen and oxygen atoms in total. The van der Waals surface area contributed by atoms with Crippen LogP contribution in [0.5, 0.6) is 0 Å². The predicted octanol–water partition coefficient (Wildman–Crippen LogP) is -1.59. The van der Waals surface area contributed by atoms with Crippen molar-refractivity contribution in [3.63, 3.8) is 0 Å². The fraction of sp³-hybridized carbons (Fsp3) is 0.667. The summed E-state index contributed by atoms with van der Waals surface area (Å²) in [6, 6.07) is 0. The maximum atomic E-state index is 10.7. The molecular weight excluding hydrogens is 224 g/mol. The van der Waals surface area contributed by atoms with E-state index in [1.807, 2.05) is 0 Å². The van der Waals surface area contributed by atoms with Crippen LogP contribution in [0.3, 0.4) is 0 Å². The molecule has 0 radical (unpaired) electrons. The van der Waals surface area contributed by atoms with Gasteiger partial charge in [-0.05, 0) is 0 Å². The minimum absolute atomic E-state index is 1.01. The Morgan fingerprint density at radius 3 is 1.54 bits per heavy atom. The van der Waals surface area contributed by atoms with Gasteiger partial charge in [0.15, 0.2) is 0 Å². The van der Waals surface area contributed by atoms with Gasteiger partial charge in [-0.2, -0.15) is 0 Å². The van der Waals surface area contributed by atoms with E-state index in [9.17, 15) is 13.9 Å². The summed E-state index contributed by atoms with van der Waals surface area (Å²) in [5.74, 6) is -1.39. The molecule has 0 rings (SSSR count). The zero-order valence-electron chi connectivity index (χ0n) is 6.49. The van der Waals surface area contributed by atoms with E-state index in [1.54, 1.807) is 5.32 Å². The molecule has 1 amide bonds. The van der Waals surface area contributed by atoms with Crippen LogP contribution in [-0.4, -0.2) is 37.9 Å². The maximum absolute atomic E-state index is 10.7. The van der Waals surface area contributed by atoms with E-state index in [2.05, 4.69) is 0 Å². The quantitative estimate of drug-likeness (QED) is 0.369. The molecule has 78 valence electrons. The summed E-state index contributed by atoms with van der Waals surface area (Å²) in [6.45, 7) is 0. The minimum Gasteiger partial charge on any atom is -0.358 e. The molecular formula is C3H9NO7P2. The van der Waals surface area contributed by atoms with Gasteiger partial charge in [-0.15, -0.1) is 0 Å². The standard InChI is InChI=1S/C3H9NO7P2/c1-4-2(5)3(12(6,7)8)13(9,10)11/h3H,1H3,(H,4,5)(H2,6,7,8)(H2,9,10,11). The van der Waals surface area contributed by atoms with Gasteiger partial charge in [0.25, 0.3) is 0 Å². The molecule has 0 aliphatic heterocycles. The van der Waals surface area contributed by atoms with Crippen molar-refractivity contribution in [1.29, 1.82) is 0 Å². The Balaban J connectivity index is 5.14. The first-order chi connectivity index (χ1) is 5.60. The Hall–Kier alpha value is -0.230. The first kappa shape index (κ1) is 12.8. The third kappa shape index (κ3) is 3.56. The van der Waals surface area contributed by atoms with Crippen LogP contribution in [0, 0.1) is 0 Å². The second-order valence-corrected chi connectivity index (χ2v) is 5.96. The topological polar surface area (TPSA) is 144 Å². The van der Waals surface area contributed by atoms with Gasteiger partial charge in [-0.25, -0.2) is 0 Å². The van der Waals surface area contributed by atoms with Crippen LogP contribution in [0.25, 0.3) is 0 Å². The highest BCUT2D eigenvalue weighted by Gasteiger charge is 2.48. The molecule has 0 aromatic carbocycles. The van der Waals surface area contributed by atoms with Crippen molar-refractivity contribution < 1.29 is 33.5 Å². The molecule has 0 aliphatic carbocycles. The van der Waals surface area contributed by atoms with E-state index in [0.29, 0.717) is 0 Å². The predicted molar refractivity (Wildman–Crippen MR) is 41.9 cm³/mol. The lowest BCUT2D eigenvalue weighted by Crippen LogP contribution is -2.31. The van der Waals surface area contributed by atoms with Crippen molar-refractivity contribution in [3.05, 3.63) is 0 Å². The summed E-state index contributed by atoms with van der Waals surface area (Å²) in [4.78, 5) is 44.6. The van der Waals surface area contributed by atoms with Crippen LogP contribution in [0.2, 0.25) is 0 Å². The zero-order valence-corrected chi connectivity index (χ0v) is 8.27. The zero-order chi connectivity index (χ0) is 10.9. The van der Waals surface area contributed by atoms with Crippen LogP contribution < -0.4 is 5.32 Å². The summed E-state index contributed by atoms with van der Waals surface area (Å²) in [6.07, 6.45) is 0. The van der Waals surface area contributed by atoms with Crippen molar-refractivity contribution in [1.82, 2.24) is 5.32 Å². The van der Waals surface area contributed by atoms with Crippen LogP contribution in [-0.2, 0) is 13.9 Å². The molecule has 0 bridgehead atoms. The molecule has 0 aromatic rings. The van der Waals surface area contributed by atoms with Crippen LogP contribution in [0.15, 0.2) is 0 Å². The number of nitrogens with one attached hydrogen (secondary N) is 1. The lowest BCUT2D eigenvalue weighted by atomic mass is 10.7. The summed E-state index contributed by atoms with van der Waals surface area (Å²) < 4.78 is 21.0. The molecule has 0 unspecified atom stereocenters. The molecule has 0 saturated carbocycles. The Morgan fingerprint density at radius 2 is 1.46 bits per heavy atom. The van der Waals surface area contributed by atoms with Gasteiger partial charge < -0.3 is 24.9 Å². The number of carbonyl (C=O) groups excluding carboxylic acids is 1. The lowest BCUT2D eigenvalue weighted by Gasteiger charge is -2.17. The molecule has 0 atom stereocenters. The molecule has 5 N–H and O–H groups in total. The van der Waals surface area contributed by atoms with Crippen molar-refractivity contribution in [2.45, 2.75) is 5.40 Å². The third-order valence-electron chi connectivity index (χ3n) is 1.12. The SMILES string of the molecule is CNC(=O)C(P(=O)(O)O)P(=O)(O)O. The first-order valence-electron chi connectivity index (χ1n) is 2.92. The van der Waals surface area contributed by atoms with Crippen molar-refractivity contribution in [3.8, 4) is 0 Å². The largest absolute Gasteiger partial charge is 0.358 e. The fourth-order valence-electron chi connectivity index (χ4n) is 0.631. The van der Waals surface area contributed by atoms with Gasteiger partial charge in [0.1, 0.15) is 0 Å². The summed E-state index contributed by atoms with van der Waals surface area (Å²) in [5, 5.41) is -0.866. The highest BCUT2D eigenvalue weighted by atomic mass is 31.2.